The van der Waals surface area contributed by atoms with E-state index in [0.717, 1.165) is 0 Å². The molecular formula is C12H11BrF3N3O. The number of benzene rings is 1. The van der Waals surface area contributed by atoms with Crippen LogP contribution in [0.4, 0.5) is 13.2 Å². The summed E-state index contributed by atoms with van der Waals surface area (Å²) in [6, 6.07) is 3.53. The van der Waals surface area contributed by atoms with Crippen molar-refractivity contribution in [1.29, 1.82) is 0 Å². The van der Waals surface area contributed by atoms with Crippen molar-refractivity contribution in [2.24, 2.45) is 16.0 Å². The second kappa shape index (κ2) is 4.92. The topological polar surface area (TPSA) is 67.8 Å². The molecule has 108 valence electrons. The molecule has 0 bridgehead atoms. The van der Waals surface area contributed by atoms with Crippen molar-refractivity contribution in [3.05, 3.63) is 33.8 Å². The molecule has 0 fully saturated rings. The number of carbonyl (C=O) groups is 1. The molecule has 2 rings (SSSR count). The summed E-state index contributed by atoms with van der Waals surface area (Å²) in [7, 11) is 0. The van der Waals surface area contributed by atoms with Gasteiger partial charge in [-0.05, 0) is 31.0 Å². The van der Waals surface area contributed by atoms with Crippen LogP contribution < -0.4 is 5.73 Å². The Morgan fingerprint density at radius 3 is 2.45 bits per heavy atom. The first-order chi connectivity index (χ1) is 9.15. The summed E-state index contributed by atoms with van der Waals surface area (Å²) in [5.74, 6) is -0.224. The normalized spacial score (nSPS) is 17.9. The zero-order chi connectivity index (χ0) is 15.1. The molecule has 0 aromatic heterocycles. The maximum atomic E-state index is 13.0. The van der Waals surface area contributed by atoms with E-state index in [4.69, 9.17) is 5.73 Å². The predicted octanol–water partition coefficient (Wildman–Crippen LogP) is 3.09. The van der Waals surface area contributed by atoms with Crippen LogP contribution in [-0.4, -0.2) is 18.0 Å². The van der Waals surface area contributed by atoms with E-state index in [1.54, 1.807) is 6.07 Å². The third-order valence-electron chi connectivity index (χ3n) is 3.03. The Bertz CT molecular complexity index is 580. The Balaban J connectivity index is 2.33. The number of nitrogens with two attached hydrogens (primary N) is 1. The fourth-order valence-electron chi connectivity index (χ4n) is 1.81. The Labute approximate surface area is 121 Å². The molecule has 2 N–H and O–H groups in total. The minimum absolute atomic E-state index is 0.0786. The summed E-state index contributed by atoms with van der Waals surface area (Å²) < 4.78 is 39.3. The van der Waals surface area contributed by atoms with Crippen molar-refractivity contribution >= 4 is 21.7 Å². The van der Waals surface area contributed by atoms with E-state index in [1.807, 2.05) is 0 Å². The molecule has 1 atom stereocenters. The maximum absolute atomic E-state index is 13.0. The van der Waals surface area contributed by atoms with Gasteiger partial charge in [-0.15, -0.1) is 10.2 Å². The Morgan fingerprint density at radius 2 is 2.00 bits per heavy atom. The van der Waals surface area contributed by atoms with E-state index in [2.05, 4.69) is 26.2 Å². The maximum Gasteiger partial charge on any atom is 0.442 e. The minimum Gasteiger partial charge on any atom is -0.321 e. The van der Waals surface area contributed by atoms with E-state index in [0.29, 0.717) is 10.0 Å². The van der Waals surface area contributed by atoms with Gasteiger partial charge in [-0.3, -0.25) is 4.79 Å². The van der Waals surface area contributed by atoms with Gasteiger partial charge >= 0.3 is 11.8 Å². The number of alkyl halides is 3. The van der Waals surface area contributed by atoms with Crippen LogP contribution in [0.5, 0.6) is 0 Å². The number of hydrogen-bond donors (Lipinski definition) is 1. The lowest BCUT2D eigenvalue weighted by Gasteiger charge is -2.17. The van der Waals surface area contributed by atoms with E-state index >= 15 is 0 Å². The zero-order valence-corrected chi connectivity index (χ0v) is 12.0. The molecule has 0 amide bonds. The van der Waals surface area contributed by atoms with Gasteiger partial charge in [-0.25, -0.2) is 0 Å². The van der Waals surface area contributed by atoms with E-state index in [-0.39, 0.29) is 17.8 Å². The molecule has 1 aliphatic rings. The van der Waals surface area contributed by atoms with Gasteiger partial charge in [0.1, 0.15) is 5.78 Å². The van der Waals surface area contributed by atoms with Gasteiger partial charge in [0.15, 0.2) is 0 Å². The third-order valence-corrected chi connectivity index (χ3v) is 3.49. The van der Waals surface area contributed by atoms with Crippen LogP contribution >= 0.6 is 15.9 Å². The summed E-state index contributed by atoms with van der Waals surface area (Å²) >= 11 is 3.15. The largest absolute Gasteiger partial charge is 0.442 e. The average molecular weight is 350 g/mol. The van der Waals surface area contributed by atoms with Gasteiger partial charge in [0.05, 0.1) is 6.04 Å². The molecule has 1 aliphatic heterocycles. The van der Waals surface area contributed by atoms with E-state index in [1.165, 1.54) is 19.1 Å². The Hall–Kier alpha value is -1.28. The van der Waals surface area contributed by atoms with Crippen molar-refractivity contribution in [3.8, 4) is 0 Å². The number of hydrogen-bond acceptors (Lipinski definition) is 4. The minimum atomic E-state index is -4.58. The van der Waals surface area contributed by atoms with Gasteiger partial charge < -0.3 is 5.73 Å². The first-order valence-electron chi connectivity index (χ1n) is 5.72. The summed E-state index contributed by atoms with van der Waals surface area (Å²) in [6.07, 6.45) is -4.41. The predicted molar refractivity (Wildman–Crippen MR) is 69.1 cm³/mol. The van der Waals surface area contributed by atoms with Crippen LogP contribution in [0.15, 0.2) is 32.9 Å². The molecule has 0 saturated carbocycles. The van der Waals surface area contributed by atoms with Crippen LogP contribution in [0.25, 0.3) is 0 Å². The number of carbonyl (C=O) groups excluding carboxylic acids is 1. The van der Waals surface area contributed by atoms with Crippen LogP contribution in [-0.2, 0) is 16.9 Å². The van der Waals surface area contributed by atoms with Crippen molar-refractivity contribution in [3.63, 3.8) is 0 Å². The highest BCUT2D eigenvalue weighted by Gasteiger charge is 2.65. The van der Waals surface area contributed by atoms with Crippen molar-refractivity contribution in [2.45, 2.75) is 31.2 Å². The first kappa shape index (κ1) is 15.1. The third kappa shape index (κ3) is 2.76. The molecule has 0 aliphatic carbocycles. The van der Waals surface area contributed by atoms with Crippen molar-refractivity contribution < 1.29 is 18.0 Å². The fraction of sp³-hybridized carbons (Fsp3) is 0.417. The molecule has 4 nitrogen and oxygen atoms in total. The second-order valence-electron chi connectivity index (χ2n) is 4.64. The highest BCUT2D eigenvalue weighted by Crippen LogP contribution is 2.52. The molecule has 0 radical (unpaired) electrons. The lowest BCUT2D eigenvalue weighted by atomic mass is 9.97. The highest BCUT2D eigenvalue weighted by atomic mass is 79.9. The van der Waals surface area contributed by atoms with Gasteiger partial charge in [-0.2, -0.15) is 13.2 Å². The Morgan fingerprint density at radius 1 is 1.40 bits per heavy atom. The van der Waals surface area contributed by atoms with Crippen LogP contribution in [0.1, 0.15) is 18.1 Å². The molecule has 0 unspecified atom stereocenters. The standard InChI is InChI=1S/C12H11BrF3N3O/c1-6(20)10(17)4-7-2-8(5-9(13)3-7)11(18-19-11)12(14,15)16/h2-3,5,10H,4,17H2,1H3/t10-/m0/s1. The SMILES string of the molecule is CC(=O)[C@@H](N)Cc1cc(Br)cc(C2(C(F)(F)F)N=N2)c1. The number of nitrogens with zero attached hydrogens (tertiary/aromatic N) is 2. The number of ketones is 1. The number of Topliss-reactive ketones (excluding diaryl/α,β-unsaturated/α-hetero) is 1. The molecule has 1 aromatic carbocycles. The summed E-state index contributed by atoms with van der Waals surface area (Å²) in [5, 5.41) is 6.31. The van der Waals surface area contributed by atoms with Gasteiger partial charge in [0.25, 0.3) is 0 Å². The summed E-state index contributed by atoms with van der Waals surface area (Å²) in [4.78, 5) is 11.1. The fourth-order valence-corrected chi connectivity index (χ4v) is 2.35. The molecule has 0 spiro atoms. The van der Waals surface area contributed by atoms with Gasteiger partial charge in [0, 0.05) is 10.0 Å². The lowest BCUT2D eigenvalue weighted by molar-refractivity contribution is -0.166. The second-order valence-corrected chi connectivity index (χ2v) is 5.56. The quantitative estimate of drug-likeness (QED) is 0.907. The smallest absolute Gasteiger partial charge is 0.321 e. The van der Waals surface area contributed by atoms with Crippen LogP contribution in [0.2, 0.25) is 0 Å². The molecule has 8 heteroatoms. The van der Waals surface area contributed by atoms with Crippen LogP contribution in [0.3, 0.4) is 0 Å². The van der Waals surface area contributed by atoms with Gasteiger partial charge in [0.2, 0.25) is 0 Å². The van der Waals surface area contributed by atoms with Gasteiger partial charge in [-0.1, -0.05) is 22.0 Å². The van der Waals surface area contributed by atoms with Crippen LogP contribution in [0, 0.1) is 0 Å². The van der Waals surface area contributed by atoms with E-state index < -0.39 is 17.9 Å². The highest BCUT2D eigenvalue weighted by molar-refractivity contribution is 9.10. The van der Waals surface area contributed by atoms with E-state index in [9.17, 15) is 18.0 Å². The lowest BCUT2D eigenvalue weighted by Crippen LogP contribution is -2.32. The zero-order valence-electron chi connectivity index (χ0n) is 10.4. The van der Waals surface area contributed by atoms with Crippen molar-refractivity contribution in [1.82, 2.24) is 0 Å². The van der Waals surface area contributed by atoms with Crippen molar-refractivity contribution in [2.75, 3.05) is 0 Å². The Kier molecular flexibility index (Phi) is 3.72. The molecule has 1 aromatic rings. The molecule has 0 saturated heterocycles. The summed E-state index contributed by atoms with van der Waals surface area (Å²) in [6.45, 7) is 1.34. The number of halogens is 4. The molecule has 20 heavy (non-hydrogen) atoms. The average Bonchev–Trinajstić information content (AvgIpc) is 3.07. The molecule has 1 heterocycles. The first-order valence-corrected chi connectivity index (χ1v) is 6.52. The monoisotopic (exact) mass is 349 g/mol. The molecular weight excluding hydrogens is 339 g/mol. The summed E-state index contributed by atoms with van der Waals surface area (Å²) in [5.41, 5.74) is 3.61. The number of rotatable bonds is 4.